The average molecular weight is 592 g/mol. The van der Waals surface area contributed by atoms with E-state index in [4.69, 9.17) is 14.5 Å². The van der Waals surface area contributed by atoms with Gasteiger partial charge >= 0.3 is 5.97 Å². The zero-order valence-electron chi connectivity index (χ0n) is 23.8. The highest BCUT2D eigenvalue weighted by molar-refractivity contribution is 7.07. The maximum atomic E-state index is 14.4. The number of rotatable bonds is 8. The first-order valence-electron chi connectivity index (χ1n) is 14.0. The molecule has 0 unspecified atom stereocenters. The Hall–Kier alpha value is -5.02. The van der Waals surface area contributed by atoms with E-state index >= 15 is 0 Å². The van der Waals surface area contributed by atoms with Crippen LogP contribution in [0.4, 0.5) is 5.69 Å². The van der Waals surface area contributed by atoms with Gasteiger partial charge in [0.1, 0.15) is 10.3 Å². The van der Waals surface area contributed by atoms with E-state index in [1.165, 1.54) is 4.57 Å². The summed E-state index contributed by atoms with van der Waals surface area (Å²) in [6, 6.07) is 23.2. The smallest absolute Gasteiger partial charge is 0.338 e. The molecule has 0 radical (unpaired) electrons. The van der Waals surface area contributed by atoms with Crippen molar-refractivity contribution in [2.75, 3.05) is 24.7 Å². The van der Waals surface area contributed by atoms with Gasteiger partial charge < -0.3 is 14.4 Å². The number of hydrogen-bond donors (Lipinski definition) is 0. The number of anilines is 1. The molecule has 0 bridgehead atoms. The van der Waals surface area contributed by atoms with Crippen LogP contribution in [0.15, 0.2) is 107 Å². The summed E-state index contributed by atoms with van der Waals surface area (Å²) in [5.41, 5.74) is 3.35. The number of benzene rings is 3. The predicted octanol–water partition coefficient (Wildman–Crippen LogP) is 4.24. The van der Waals surface area contributed by atoms with Gasteiger partial charge in [-0.1, -0.05) is 78.1 Å². The highest BCUT2D eigenvalue weighted by Gasteiger charge is 2.38. The Balaban J connectivity index is 1.68. The summed E-state index contributed by atoms with van der Waals surface area (Å²) in [6.45, 7) is 8.40. The topological polar surface area (TPSA) is 90.2 Å². The Morgan fingerprint density at radius 1 is 0.977 bits per heavy atom. The maximum absolute atomic E-state index is 14.4. The number of para-hydroxylation sites is 1. The third kappa shape index (κ3) is 4.81. The monoisotopic (exact) mass is 591 g/mol. The summed E-state index contributed by atoms with van der Waals surface area (Å²) < 4.78 is 13.0. The Morgan fingerprint density at radius 2 is 1.70 bits per heavy atom. The lowest BCUT2D eigenvalue weighted by molar-refractivity contribution is -0.138. The first-order valence-corrected chi connectivity index (χ1v) is 14.9. The molecular formula is C34H29N3O5S. The quantitative estimate of drug-likeness (QED) is 0.226. The molecule has 4 aromatic rings. The van der Waals surface area contributed by atoms with Gasteiger partial charge in [-0.3, -0.25) is 14.2 Å². The number of hydrogen-bond acceptors (Lipinski definition) is 7. The van der Waals surface area contributed by atoms with Crippen molar-refractivity contribution in [1.82, 2.24) is 4.57 Å². The molecule has 43 heavy (non-hydrogen) atoms. The molecule has 8 nitrogen and oxygen atoms in total. The number of nitrogens with zero attached hydrogens (tertiary/aromatic N) is 3. The normalized spacial score (nSPS) is 16.8. The van der Waals surface area contributed by atoms with Gasteiger partial charge in [0.2, 0.25) is 0 Å². The SMILES string of the molecule is C=CCN1C(=O)/C(=c2\sc3n(c2=O)[C@H](c2ccc(OCC)cc2)C(C(=O)OCC)=C(c2ccccc2)N=3)c2ccccc21. The lowest BCUT2D eigenvalue weighted by atomic mass is 9.93. The fourth-order valence-electron chi connectivity index (χ4n) is 5.53. The largest absolute Gasteiger partial charge is 0.494 e. The van der Waals surface area contributed by atoms with Crippen LogP contribution in [-0.2, 0) is 14.3 Å². The first-order chi connectivity index (χ1) is 21.0. The molecule has 2 aliphatic heterocycles. The van der Waals surface area contributed by atoms with Gasteiger partial charge in [0.15, 0.2) is 4.80 Å². The van der Waals surface area contributed by atoms with E-state index in [9.17, 15) is 14.4 Å². The number of amides is 1. The third-order valence-corrected chi connectivity index (χ3v) is 8.37. The maximum Gasteiger partial charge on any atom is 0.338 e. The van der Waals surface area contributed by atoms with Crippen LogP contribution in [-0.4, -0.2) is 36.2 Å². The summed E-state index contributed by atoms with van der Waals surface area (Å²) in [5.74, 6) is -0.181. The van der Waals surface area contributed by atoms with Gasteiger partial charge in [0.25, 0.3) is 11.5 Å². The second-order valence-electron chi connectivity index (χ2n) is 9.85. The van der Waals surface area contributed by atoms with Crippen molar-refractivity contribution in [1.29, 1.82) is 0 Å². The molecule has 1 aromatic heterocycles. The molecule has 0 aliphatic carbocycles. The van der Waals surface area contributed by atoms with Crippen LogP contribution in [0.2, 0.25) is 0 Å². The summed E-state index contributed by atoms with van der Waals surface area (Å²) in [4.78, 5) is 48.8. The zero-order valence-corrected chi connectivity index (χ0v) is 24.6. The molecule has 3 aromatic carbocycles. The zero-order chi connectivity index (χ0) is 30.1. The van der Waals surface area contributed by atoms with Gasteiger partial charge in [-0.05, 0) is 37.6 Å². The minimum Gasteiger partial charge on any atom is -0.494 e. The van der Waals surface area contributed by atoms with E-state index in [2.05, 4.69) is 6.58 Å². The van der Waals surface area contributed by atoms with Crippen LogP contribution in [0.5, 0.6) is 5.75 Å². The van der Waals surface area contributed by atoms with Crippen LogP contribution in [0.1, 0.15) is 36.6 Å². The number of carbonyl (C=O) groups is 2. The number of fused-ring (bicyclic) bond motifs is 2. The lowest BCUT2D eigenvalue weighted by Crippen LogP contribution is -2.41. The molecule has 0 fully saturated rings. The van der Waals surface area contributed by atoms with Crippen molar-refractivity contribution in [2.45, 2.75) is 19.9 Å². The van der Waals surface area contributed by atoms with E-state index in [0.29, 0.717) is 57.4 Å². The van der Waals surface area contributed by atoms with Crippen molar-refractivity contribution in [3.63, 3.8) is 0 Å². The molecule has 0 saturated heterocycles. The number of ether oxygens (including phenoxy) is 2. The van der Waals surface area contributed by atoms with Gasteiger partial charge in [-0.2, -0.15) is 0 Å². The Bertz CT molecular complexity index is 1960. The van der Waals surface area contributed by atoms with Gasteiger partial charge in [-0.15, -0.1) is 6.58 Å². The average Bonchev–Trinajstić information content (AvgIpc) is 3.50. The van der Waals surface area contributed by atoms with Gasteiger partial charge in [0, 0.05) is 17.7 Å². The minimum atomic E-state index is -0.855. The molecule has 3 heterocycles. The molecular weight excluding hydrogens is 562 g/mol. The van der Waals surface area contributed by atoms with Crippen LogP contribution in [0.25, 0.3) is 11.3 Å². The molecule has 0 N–H and O–H groups in total. The van der Waals surface area contributed by atoms with Crippen LogP contribution < -0.4 is 24.5 Å². The van der Waals surface area contributed by atoms with E-state index in [1.54, 1.807) is 17.9 Å². The fraction of sp³-hybridized carbons (Fsp3) is 0.176. The third-order valence-electron chi connectivity index (χ3n) is 7.32. The van der Waals surface area contributed by atoms with Crippen molar-refractivity contribution in [3.05, 3.63) is 133 Å². The molecule has 6 rings (SSSR count). The van der Waals surface area contributed by atoms with Gasteiger partial charge in [-0.25, -0.2) is 9.79 Å². The van der Waals surface area contributed by atoms with E-state index in [0.717, 1.165) is 11.3 Å². The van der Waals surface area contributed by atoms with Crippen LogP contribution in [0, 0.1) is 0 Å². The van der Waals surface area contributed by atoms with Crippen molar-refractivity contribution >= 4 is 40.2 Å². The van der Waals surface area contributed by atoms with Crippen LogP contribution >= 0.6 is 11.3 Å². The van der Waals surface area contributed by atoms with E-state index in [1.807, 2.05) is 85.8 Å². The molecule has 0 saturated carbocycles. The number of esters is 1. The standard InChI is InChI=1S/C34H29N3O5S/c1-4-20-36-25-15-11-10-14-24(25)26(31(36)38)30-32(39)37-29(22-16-18-23(19-17-22)41-5-2)27(33(40)42-6-3)28(35-34(37)43-30)21-12-8-7-9-13-21/h4,7-19,29H,1,5-6,20H2,2-3H3/b30-26-/t29-/m1/s1. The summed E-state index contributed by atoms with van der Waals surface area (Å²) in [7, 11) is 0. The summed E-state index contributed by atoms with van der Waals surface area (Å²) in [6.07, 6.45) is 1.66. The predicted molar refractivity (Wildman–Crippen MR) is 167 cm³/mol. The summed E-state index contributed by atoms with van der Waals surface area (Å²) in [5, 5.41) is 0. The molecule has 1 atom stereocenters. The molecule has 1 amide bonds. The van der Waals surface area contributed by atoms with Crippen molar-refractivity contribution < 1.29 is 19.1 Å². The molecule has 216 valence electrons. The van der Waals surface area contributed by atoms with E-state index < -0.39 is 17.6 Å². The Kier molecular flexibility index (Phi) is 7.65. The molecule has 2 aliphatic rings. The summed E-state index contributed by atoms with van der Waals surface area (Å²) >= 11 is 1.14. The molecule has 9 heteroatoms. The van der Waals surface area contributed by atoms with Crippen molar-refractivity contribution in [3.8, 4) is 5.75 Å². The van der Waals surface area contributed by atoms with Crippen LogP contribution in [0.3, 0.4) is 0 Å². The second-order valence-corrected chi connectivity index (χ2v) is 10.8. The number of aromatic nitrogens is 1. The lowest BCUT2D eigenvalue weighted by Gasteiger charge is -2.26. The first kappa shape index (κ1) is 28.1. The second kappa shape index (κ2) is 11.7. The molecule has 0 spiro atoms. The fourth-order valence-corrected chi connectivity index (χ4v) is 6.62. The highest BCUT2D eigenvalue weighted by Crippen LogP contribution is 2.37. The van der Waals surface area contributed by atoms with Gasteiger partial charge in [0.05, 0.1) is 41.8 Å². The van der Waals surface area contributed by atoms with Crippen molar-refractivity contribution in [2.24, 2.45) is 4.99 Å². The minimum absolute atomic E-state index is 0.152. The van der Waals surface area contributed by atoms with E-state index in [-0.39, 0.29) is 22.6 Å². The number of thiazole rings is 1. The highest BCUT2D eigenvalue weighted by atomic mass is 32.1. The number of carbonyl (C=O) groups excluding carboxylic acids is 2. The Morgan fingerprint density at radius 3 is 2.40 bits per heavy atom. The Labute approximate surface area is 252 Å².